The molecule has 2 aromatic rings. The van der Waals surface area contributed by atoms with Crippen LogP contribution in [-0.2, 0) is 6.42 Å². The van der Waals surface area contributed by atoms with Crippen LogP contribution < -0.4 is 4.90 Å². The summed E-state index contributed by atoms with van der Waals surface area (Å²) in [7, 11) is 2.06. The first-order chi connectivity index (χ1) is 10.1. The van der Waals surface area contributed by atoms with Gasteiger partial charge in [0.25, 0.3) is 0 Å². The summed E-state index contributed by atoms with van der Waals surface area (Å²) in [5.74, 6) is 0.809. The molecule has 21 heavy (non-hydrogen) atoms. The van der Waals surface area contributed by atoms with Gasteiger partial charge in [0.05, 0.1) is 12.1 Å². The average Bonchev–Trinajstić information content (AvgIpc) is 2.94. The van der Waals surface area contributed by atoms with Crippen LogP contribution in [-0.4, -0.2) is 24.4 Å². The summed E-state index contributed by atoms with van der Waals surface area (Å²) >= 11 is 1.61. The molecule has 0 aliphatic carbocycles. The number of hydrogen-bond donors (Lipinski definition) is 0. The predicted molar refractivity (Wildman–Crippen MR) is 89.3 cm³/mol. The van der Waals surface area contributed by atoms with E-state index in [1.165, 1.54) is 0 Å². The SMILES string of the molecule is CC(C)CCN(C)c1nc(CC(=O)c2ccccc2)cs1. The van der Waals surface area contributed by atoms with Crippen molar-refractivity contribution in [3.05, 3.63) is 47.0 Å². The third-order valence-electron chi connectivity index (χ3n) is 3.35. The Hall–Kier alpha value is -1.68. The monoisotopic (exact) mass is 302 g/mol. The molecule has 0 saturated carbocycles. The zero-order valence-corrected chi connectivity index (χ0v) is 13.7. The second-order valence-corrected chi connectivity index (χ2v) is 6.53. The van der Waals surface area contributed by atoms with Gasteiger partial charge in [-0.1, -0.05) is 44.2 Å². The van der Waals surface area contributed by atoms with Crippen molar-refractivity contribution in [2.75, 3.05) is 18.5 Å². The highest BCUT2D eigenvalue weighted by molar-refractivity contribution is 7.13. The Kier molecular flexibility index (Phi) is 5.51. The number of hydrogen-bond acceptors (Lipinski definition) is 4. The molecule has 0 aliphatic rings. The molecule has 4 heteroatoms. The van der Waals surface area contributed by atoms with Crippen molar-refractivity contribution in [1.29, 1.82) is 0 Å². The topological polar surface area (TPSA) is 33.2 Å². The second-order valence-electron chi connectivity index (χ2n) is 5.69. The molecule has 0 bridgehead atoms. The zero-order valence-electron chi connectivity index (χ0n) is 12.9. The fourth-order valence-corrected chi connectivity index (χ4v) is 2.81. The van der Waals surface area contributed by atoms with E-state index in [-0.39, 0.29) is 5.78 Å². The number of rotatable bonds is 7. The molecule has 0 atom stereocenters. The van der Waals surface area contributed by atoms with Crippen molar-refractivity contribution in [1.82, 2.24) is 4.98 Å². The Morgan fingerprint density at radius 3 is 2.67 bits per heavy atom. The molecule has 2 rings (SSSR count). The molecule has 0 radical (unpaired) electrons. The van der Waals surface area contributed by atoms with E-state index in [0.29, 0.717) is 12.3 Å². The molecule has 1 aromatic heterocycles. The van der Waals surface area contributed by atoms with Crippen molar-refractivity contribution in [3.8, 4) is 0 Å². The third-order valence-corrected chi connectivity index (χ3v) is 4.35. The highest BCUT2D eigenvalue weighted by atomic mass is 32.1. The molecule has 0 fully saturated rings. The molecule has 0 aliphatic heterocycles. The van der Waals surface area contributed by atoms with E-state index in [1.807, 2.05) is 35.7 Å². The van der Waals surface area contributed by atoms with Crippen LogP contribution in [0.5, 0.6) is 0 Å². The predicted octanol–water partition coefficient (Wildman–Crippen LogP) is 4.05. The van der Waals surface area contributed by atoms with Crippen molar-refractivity contribution in [3.63, 3.8) is 0 Å². The maximum Gasteiger partial charge on any atom is 0.185 e. The standard InChI is InChI=1S/C17H22N2OS/c1-13(2)9-10-19(3)17-18-15(12-21-17)11-16(20)14-7-5-4-6-8-14/h4-8,12-13H,9-11H2,1-3H3. The molecule has 3 nitrogen and oxygen atoms in total. The lowest BCUT2D eigenvalue weighted by Crippen LogP contribution is -2.19. The summed E-state index contributed by atoms with van der Waals surface area (Å²) in [6.45, 7) is 5.44. The van der Waals surface area contributed by atoms with Gasteiger partial charge in [-0.2, -0.15) is 0 Å². The summed E-state index contributed by atoms with van der Waals surface area (Å²) in [6.07, 6.45) is 1.52. The van der Waals surface area contributed by atoms with E-state index >= 15 is 0 Å². The van der Waals surface area contributed by atoms with Gasteiger partial charge >= 0.3 is 0 Å². The summed E-state index contributed by atoms with van der Waals surface area (Å²) < 4.78 is 0. The number of nitrogens with zero attached hydrogens (tertiary/aromatic N) is 2. The van der Waals surface area contributed by atoms with E-state index in [9.17, 15) is 4.79 Å². The lowest BCUT2D eigenvalue weighted by molar-refractivity contribution is 0.0992. The molecule has 0 spiro atoms. The number of carbonyl (C=O) groups is 1. The Labute approximate surface area is 130 Å². The molecule has 0 unspecified atom stereocenters. The quantitative estimate of drug-likeness (QED) is 0.723. The Morgan fingerprint density at radius 2 is 2.00 bits per heavy atom. The lowest BCUT2D eigenvalue weighted by Gasteiger charge is -2.16. The molecular weight excluding hydrogens is 280 g/mol. The van der Waals surface area contributed by atoms with E-state index in [4.69, 9.17) is 0 Å². The third kappa shape index (κ3) is 4.67. The first kappa shape index (κ1) is 15.7. The minimum Gasteiger partial charge on any atom is -0.351 e. The zero-order chi connectivity index (χ0) is 15.2. The van der Waals surface area contributed by atoms with Gasteiger partial charge in [0.15, 0.2) is 10.9 Å². The van der Waals surface area contributed by atoms with Crippen LogP contribution in [0.4, 0.5) is 5.13 Å². The number of thiazole rings is 1. The number of anilines is 1. The summed E-state index contributed by atoms with van der Waals surface area (Å²) in [6, 6.07) is 9.40. The summed E-state index contributed by atoms with van der Waals surface area (Å²) in [5.41, 5.74) is 1.61. The Morgan fingerprint density at radius 1 is 1.29 bits per heavy atom. The molecular formula is C17H22N2OS. The van der Waals surface area contributed by atoms with Gasteiger partial charge in [-0.3, -0.25) is 4.79 Å². The number of carbonyl (C=O) groups excluding carboxylic acids is 1. The van der Waals surface area contributed by atoms with Crippen molar-refractivity contribution < 1.29 is 4.79 Å². The van der Waals surface area contributed by atoms with E-state index in [1.54, 1.807) is 11.3 Å². The van der Waals surface area contributed by atoms with E-state index < -0.39 is 0 Å². The average molecular weight is 302 g/mol. The van der Waals surface area contributed by atoms with Crippen molar-refractivity contribution >= 4 is 22.3 Å². The Bertz CT molecular complexity index is 577. The first-order valence-corrected chi connectivity index (χ1v) is 8.18. The summed E-state index contributed by atoms with van der Waals surface area (Å²) in [5, 5.41) is 2.98. The van der Waals surface area contributed by atoms with Crippen LogP contribution in [0.1, 0.15) is 36.3 Å². The number of aromatic nitrogens is 1. The molecule has 112 valence electrons. The normalized spacial score (nSPS) is 10.9. The van der Waals surface area contributed by atoms with Crippen LogP contribution >= 0.6 is 11.3 Å². The fourth-order valence-electron chi connectivity index (χ4n) is 1.99. The molecule has 0 N–H and O–H groups in total. The molecule has 0 amide bonds. The Balaban J connectivity index is 1.95. The first-order valence-electron chi connectivity index (χ1n) is 7.30. The number of benzene rings is 1. The highest BCUT2D eigenvalue weighted by Gasteiger charge is 2.12. The second kappa shape index (κ2) is 7.36. The highest BCUT2D eigenvalue weighted by Crippen LogP contribution is 2.21. The molecule has 1 heterocycles. The van der Waals surface area contributed by atoms with Gasteiger partial charge < -0.3 is 4.90 Å². The van der Waals surface area contributed by atoms with Crippen LogP contribution in [0.2, 0.25) is 0 Å². The van der Waals surface area contributed by atoms with Gasteiger partial charge in [0, 0.05) is 24.5 Å². The van der Waals surface area contributed by atoms with Gasteiger partial charge in [-0.05, 0) is 12.3 Å². The van der Waals surface area contributed by atoms with Crippen LogP contribution in [0.25, 0.3) is 0 Å². The van der Waals surface area contributed by atoms with Gasteiger partial charge in [-0.25, -0.2) is 4.98 Å². The number of Topliss-reactive ketones (excluding diaryl/α,β-unsaturated/α-hetero) is 1. The van der Waals surface area contributed by atoms with Crippen LogP contribution in [0, 0.1) is 5.92 Å². The van der Waals surface area contributed by atoms with Crippen LogP contribution in [0.15, 0.2) is 35.7 Å². The van der Waals surface area contributed by atoms with Gasteiger partial charge in [0.1, 0.15) is 0 Å². The lowest BCUT2D eigenvalue weighted by atomic mass is 10.1. The molecule has 0 saturated heterocycles. The fraction of sp³-hybridized carbons (Fsp3) is 0.412. The van der Waals surface area contributed by atoms with E-state index in [2.05, 4.69) is 30.8 Å². The minimum atomic E-state index is 0.122. The molecule has 1 aromatic carbocycles. The maximum absolute atomic E-state index is 12.2. The largest absolute Gasteiger partial charge is 0.351 e. The van der Waals surface area contributed by atoms with Gasteiger partial charge in [-0.15, -0.1) is 11.3 Å². The van der Waals surface area contributed by atoms with Crippen molar-refractivity contribution in [2.45, 2.75) is 26.7 Å². The van der Waals surface area contributed by atoms with E-state index in [0.717, 1.165) is 29.4 Å². The van der Waals surface area contributed by atoms with Gasteiger partial charge in [0.2, 0.25) is 0 Å². The number of ketones is 1. The summed E-state index contributed by atoms with van der Waals surface area (Å²) in [4.78, 5) is 18.9. The van der Waals surface area contributed by atoms with Crippen LogP contribution in [0.3, 0.4) is 0 Å². The van der Waals surface area contributed by atoms with Crippen molar-refractivity contribution in [2.24, 2.45) is 5.92 Å². The smallest absolute Gasteiger partial charge is 0.185 e. The minimum absolute atomic E-state index is 0.122. The maximum atomic E-state index is 12.2.